The van der Waals surface area contributed by atoms with Gasteiger partial charge in [0.2, 0.25) is 0 Å². The van der Waals surface area contributed by atoms with E-state index >= 15 is 0 Å². The number of aliphatic hydroxyl groups is 2. The van der Waals surface area contributed by atoms with Gasteiger partial charge in [-0.05, 0) is 72.1 Å². The Balaban J connectivity index is 2.04. The summed E-state index contributed by atoms with van der Waals surface area (Å²) in [6, 6.07) is 0. The number of carbonyl (C=O) groups excluding carboxylic acids is 1. The van der Waals surface area contributed by atoms with Crippen LogP contribution in [0, 0.1) is 5.92 Å². The van der Waals surface area contributed by atoms with E-state index in [-0.39, 0.29) is 11.9 Å². The van der Waals surface area contributed by atoms with Crippen molar-refractivity contribution >= 4 is 5.97 Å². The van der Waals surface area contributed by atoms with Crippen molar-refractivity contribution in [1.82, 2.24) is 0 Å². The van der Waals surface area contributed by atoms with E-state index in [0.29, 0.717) is 25.7 Å². The summed E-state index contributed by atoms with van der Waals surface area (Å²) in [4.78, 5) is 12.3. The summed E-state index contributed by atoms with van der Waals surface area (Å²) in [5, 5.41) is 20.6. The van der Waals surface area contributed by atoms with Crippen LogP contribution in [0.4, 0.5) is 0 Å². The van der Waals surface area contributed by atoms with Crippen molar-refractivity contribution in [1.29, 1.82) is 0 Å². The molecule has 4 nitrogen and oxygen atoms in total. The Morgan fingerprint density at radius 1 is 1.00 bits per heavy atom. The molecule has 0 saturated heterocycles. The number of rotatable bonds is 16. The lowest BCUT2D eigenvalue weighted by Gasteiger charge is -2.44. The van der Waals surface area contributed by atoms with Crippen molar-refractivity contribution in [3.8, 4) is 0 Å². The molecule has 1 aliphatic rings. The zero-order valence-electron chi connectivity index (χ0n) is 21.3. The van der Waals surface area contributed by atoms with Crippen LogP contribution in [-0.2, 0) is 9.53 Å². The van der Waals surface area contributed by atoms with Crippen molar-refractivity contribution in [2.75, 3.05) is 0 Å². The first-order valence-electron chi connectivity index (χ1n) is 13.1. The lowest BCUT2D eigenvalue weighted by atomic mass is 9.71. The number of esters is 1. The molecule has 0 spiro atoms. The van der Waals surface area contributed by atoms with E-state index in [1.165, 1.54) is 38.5 Å². The number of allylic oxidation sites excluding steroid dienone is 4. The molecule has 3 atom stereocenters. The van der Waals surface area contributed by atoms with Gasteiger partial charge in [0.1, 0.15) is 5.60 Å². The normalized spacial score (nSPS) is 24.4. The van der Waals surface area contributed by atoms with Crippen LogP contribution < -0.4 is 0 Å². The number of ether oxygens (including phenoxy) is 1. The highest BCUT2D eigenvalue weighted by atomic mass is 16.6. The second-order valence-electron chi connectivity index (χ2n) is 10.5. The molecule has 32 heavy (non-hydrogen) atoms. The van der Waals surface area contributed by atoms with Gasteiger partial charge in [0, 0.05) is 18.8 Å². The zero-order valence-corrected chi connectivity index (χ0v) is 21.3. The standard InChI is InChI=1S/C28H50O4/c1-5-6-7-8-9-10-11-12-13-14-15-16-17-18-19-20-26(30)32-28(4)22-21-24(25(29)23-28)27(2,3)31/h9-10,12-13,24-25,29,31H,5-8,11,14-23H2,1-4H3/b10-9-,13-12-. The van der Waals surface area contributed by atoms with E-state index in [2.05, 4.69) is 31.2 Å². The van der Waals surface area contributed by atoms with Gasteiger partial charge in [-0.25, -0.2) is 0 Å². The molecule has 1 fully saturated rings. The first-order chi connectivity index (χ1) is 15.2. The molecular formula is C28H50O4. The second kappa shape index (κ2) is 15.7. The van der Waals surface area contributed by atoms with Crippen LogP contribution in [0.1, 0.15) is 124 Å². The average Bonchev–Trinajstić information content (AvgIpc) is 2.69. The Kier molecular flexibility index (Phi) is 14.1. The van der Waals surface area contributed by atoms with Crippen molar-refractivity contribution in [2.24, 2.45) is 5.92 Å². The first-order valence-corrected chi connectivity index (χ1v) is 13.1. The number of carbonyl (C=O) groups is 1. The van der Waals surface area contributed by atoms with Gasteiger partial charge in [-0.3, -0.25) is 4.79 Å². The summed E-state index contributed by atoms with van der Waals surface area (Å²) in [7, 11) is 0. The van der Waals surface area contributed by atoms with E-state index in [0.717, 1.165) is 32.1 Å². The highest BCUT2D eigenvalue weighted by molar-refractivity contribution is 5.69. The second-order valence-corrected chi connectivity index (χ2v) is 10.5. The lowest BCUT2D eigenvalue weighted by molar-refractivity contribution is -0.173. The van der Waals surface area contributed by atoms with Crippen LogP contribution in [0.15, 0.2) is 24.3 Å². The van der Waals surface area contributed by atoms with Crippen molar-refractivity contribution in [2.45, 2.75) is 141 Å². The fourth-order valence-electron chi connectivity index (χ4n) is 4.66. The quantitative estimate of drug-likeness (QED) is 0.150. The average molecular weight is 451 g/mol. The Labute approximate surface area is 197 Å². The molecule has 0 aromatic rings. The molecule has 0 aromatic heterocycles. The Hall–Kier alpha value is -1.13. The van der Waals surface area contributed by atoms with Gasteiger partial charge in [-0.15, -0.1) is 0 Å². The Morgan fingerprint density at radius 3 is 2.19 bits per heavy atom. The van der Waals surface area contributed by atoms with Gasteiger partial charge in [-0.1, -0.05) is 63.3 Å². The smallest absolute Gasteiger partial charge is 0.306 e. The largest absolute Gasteiger partial charge is 0.459 e. The van der Waals surface area contributed by atoms with Crippen LogP contribution in [0.3, 0.4) is 0 Å². The SMILES string of the molecule is CCCCC/C=C\C/C=C\CCCCCCCC(=O)OC1(C)CCC(C(C)(C)O)C(O)C1. The van der Waals surface area contributed by atoms with Crippen molar-refractivity contribution < 1.29 is 19.7 Å². The molecule has 0 amide bonds. The number of hydrogen-bond acceptors (Lipinski definition) is 4. The molecule has 3 unspecified atom stereocenters. The molecule has 186 valence electrons. The first kappa shape index (κ1) is 28.9. The van der Waals surface area contributed by atoms with Crippen LogP contribution in [0.25, 0.3) is 0 Å². The molecule has 1 aliphatic carbocycles. The maximum absolute atomic E-state index is 12.3. The topological polar surface area (TPSA) is 66.8 Å². The fourth-order valence-corrected chi connectivity index (χ4v) is 4.66. The van der Waals surface area contributed by atoms with Crippen LogP contribution in [0.2, 0.25) is 0 Å². The molecule has 4 heteroatoms. The minimum absolute atomic E-state index is 0.160. The molecule has 1 rings (SSSR count). The van der Waals surface area contributed by atoms with Crippen molar-refractivity contribution in [3.63, 3.8) is 0 Å². The minimum Gasteiger partial charge on any atom is -0.459 e. The highest BCUT2D eigenvalue weighted by Crippen LogP contribution is 2.39. The van der Waals surface area contributed by atoms with E-state index < -0.39 is 17.3 Å². The molecule has 1 saturated carbocycles. The van der Waals surface area contributed by atoms with Gasteiger partial charge in [0.05, 0.1) is 11.7 Å². The molecule has 0 aliphatic heterocycles. The van der Waals surface area contributed by atoms with Gasteiger partial charge >= 0.3 is 5.97 Å². The summed E-state index contributed by atoms with van der Waals surface area (Å²) < 4.78 is 5.73. The summed E-state index contributed by atoms with van der Waals surface area (Å²) in [6.45, 7) is 7.62. The fraction of sp³-hybridized carbons (Fsp3) is 0.821. The zero-order chi connectivity index (χ0) is 23.9. The summed E-state index contributed by atoms with van der Waals surface area (Å²) >= 11 is 0. The van der Waals surface area contributed by atoms with Gasteiger partial charge in [0.25, 0.3) is 0 Å². The Bertz CT molecular complexity index is 560. The van der Waals surface area contributed by atoms with Crippen molar-refractivity contribution in [3.05, 3.63) is 24.3 Å². The van der Waals surface area contributed by atoms with E-state index in [1.807, 2.05) is 6.92 Å². The summed E-state index contributed by atoms with van der Waals surface area (Å²) in [6.07, 6.45) is 23.5. The molecule has 0 heterocycles. The monoisotopic (exact) mass is 450 g/mol. The van der Waals surface area contributed by atoms with Crippen LogP contribution >= 0.6 is 0 Å². The molecule has 0 radical (unpaired) electrons. The number of unbranched alkanes of at least 4 members (excludes halogenated alkanes) is 8. The maximum Gasteiger partial charge on any atom is 0.306 e. The van der Waals surface area contributed by atoms with Gasteiger partial charge in [0.15, 0.2) is 0 Å². The van der Waals surface area contributed by atoms with E-state index in [1.54, 1.807) is 13.8 Å². The Morgan fingerprint density at radius 2 is 1.59 bits per heavy atom. The molecule has 0 aromatic carbocycles. The molecular weight excluding hydrogens is 400 g/mol. The molecule has 0 bridgehead atoms. The number of hydrogen-bond donors (Lipinski definition) is 2. The predicted molar refractivity (Wildman–Crippen MR) is 134 cm³/mol. The van der Waals surface area contributed by atoms with E-state index in [9.17, 15) is 15.0 Å². The summed E-state index contributed by atoms with van der Waals surface area (Å²) in [5.74, 6) is -0.330. The van der Waals surface area contributed by atoms with Crippen LogP contribution in [0.5, 0.6) is 0 Å². The summed E-state index contributed by atoms with van der Waals surface area (Å²) in [5.41, 5.74) is -1.53. The third kappa shape index (κ3) is 12.8. The van der Waals surface area contributed by atoms with E-state index in [4.69, 9.17) is 4.74 Å². The van der Waals surface area contributed by atoms with Crippen LogP contribution in [-0.4, -0.2) is 33.5 Å². The molecule has 2 N–H and O–H groups in total. The maximum atomic E-state index is 12.3. The highest BCUT2D eigenvalue weighted by Gasteiger charge is 2.44. The minimum atomic E-state index is -0.911. The third-order valence-electron chi connectivity index (χ3n) is 6.69. The lowest BCUT2D eigenvalue weighted by Crippen LogP contribution is -2.49. The van der Waals surface area contributed by atoms with Gasteiger partial charge in [-0.2, -0.15) is 0 Å². The number of aliphatic hydroxyl groups excluding tert-OH is 1. The van der Waals surface area contributed by atoms with Gasteiger partial charge < -0.3 is 14.9 Å². The predicted octanol–water partition coefficient (Wildman–Crippen LogP) is 7.03. The third-order valence-corrected chi connectivity index (χ3v) is 6.69.